The van der Waals surface area contributed by atoms with Gasteiger partial charge in [-0.05, 0) is 6.42 Å². The van der Waals surface area contributed by atoms with E-state index in [9.17, 15) is 9.59 Å². The van der Waals surface area contributed by atoms with Gasteiger partial charge in [-0.25, -0.2) is 6.57 Å². The molecule has 0 aliphatic rings. The van der Waals surface area contributed by atoms with Crippen molar-refractivity contribution in [1.29, 1.82) is 0 Å². The highest BCUT2D eigenvalue weighted by Gasteiger charge is 2.00. The topological polar surface area (TPSA) is 62.6 Å². The highest BCUT2D eigenvalue weighted by Crippen LogP contribution is 1.74. The van der Waals surface area contributed by atoms with Crippen LogP contribution in [0.4, 0.5) is 0 Å². The fourth-order valence-electron chi connectivity index (χ4n) is 0.605. The van der Waals surface area contributed by atoms with Gasteiger partial charge >= 0.3 is 0 Å². The van der Waals surface area contributed by atoms with Gasteiger partial charge in [-0.2, -0.15) is 0 Å². The molecule has 0 fully saturated rings. The van der Waals surface area contributed by atoms with E-state index in [1.807, 2.05) is 0 Å². The maximum atomic E-state index is 10.7. The standard InChI is InChI=1S/C7H11N3O2/c1-8-5-7(12)10-4-2-3-9-6-11/h6H,2-5H2,(H,9,11)(H,10,12). The van der Waals surface area contributed by atoms with Crippen LogP contribution in [0.15, 0.2) is 0 Å². The molecule has 0 heterocycles. The van der Waals surface area contributed by atoms with Crippen molar-refractivity contribution in [1.82, 2.24) is 10.6 Å². The number of carbonyl (C=O) groups excluding carboxylic acids is 2. The van der Waals surface area contributed by atoms with E-state index >= 15 is 0 Å². The normalized spacial score (nSPS) is 8.25. The first-order chi connectivity index (χ1) is 5.81. The van der Waals surface area contributed by atoms with E-state index in [-0.39, 0.29) is 12.5 Å². The molecule has 0 aromatic carbocycles. The highest BCUT2D eigenvalue weighted by molar-refractivity contribution is 5.79. The number of carbonyl (C=O) groups is 2. The molecule has 5 heteroatoms. The Morgan fingerprint density at radius 3 is 2.83 bits per heavy atom. The van der Waals surface area contributed by atoms with Crippen LogP contribution in [0.1, 0.15) is 6.42 Å². The SMILES string of the molecule is [C-]#[N+]CC(=O)NCCCNC=O. The lowest BCUT2D eigenvalue weighted by molar-refractivity contribution is -0.119. The number of rotatable bonds is 6. The van der Waals surface area contributed by atoms with Gasteiger partial charge in [-0.1, -0.05) is 0 Å². The van der Waals surface area contributed by atoms with Gasteiger partial charge in [0.15, 0.2) is 0 Å². The zero-order chi connectivity index (χ0) is 9.23. The molecular formula is C7H11N3O2. The summed E-state index contributed by atoms with van der Waals surface area (Å²) in [6.07, 6.45) is 1.30. The van der Waals surface area contributed by atoms with Crippen molar-refractivity contribution in [2.45, 2.75) is 6.42 Å². The van der Waals surface area contributed by atoms with E-state index < -0.39 is 0 Å². The third kappa shape index (κ3) is 6.55. The van der Waals surface area contributed by atoms with Crippen LogP contribution in [-0.4, -0.2) is 32.0 Å². The van der Waals surface area contributed by atoms with Crippen LogP contribution in [0, 0.1) is 6.57 Å². The predicted molar refractivity (Wildman–Crippen MR) is 43.2 cm³/mol. The molecule has 0 aromatic heterocycles. The van der Waals surface area contributed by atoms with Crippen molar-refractivity contribution in [3.05, 3.63) is 11.4 Å². The second-order valence-corrected chi connectivity index (χ2v) is 2.09. The predicted octanol–water partition coefficient (Wildman–Crippen LogP) is -0.842. The quantitative estimate of drug-likeness (QED) is 0.309. The van der Waals surface area contributed by atoms with Crippen molar-refractivity contribution in [3.8, 4) is 0 Å². The van der Waals surface area contributed by atoms with E-state index in [0.717, 1.165) is 0 Å². The average Bonchev–Trinajstić information content (AvgIpc) is 2.05. The second-order valence-electron chi connectivity index (χ2n) is 2.09. The zero-order valence-electron chi connectivity index (χ0n) is 6.67. The molecule has 0 rings (SSSR count). The summed E-state index contributed by atoms with van der Waals surface area (Å²) in [4.78, 5) is 23.3. The van der Waals surface area contributed by atoms with Crippen molar-refractivity contribution < 1.29 is 9.59 Å². The third-order valence-electron chi connectivity index (χ3n) is 1.13. The molecule has 0 saturated heterocycles. The lowest BCUT2D eigenvalue weighted by atomic mass is 10.4. The summed E-state index contributed by atoms with van der Waals surface area (Å²) in [7, 11) is 0. The van der Waals surface area contributed by atoms with Gasteiger partial charge in [0.25, 0.3) is 12.5 Å². The van der Waals surface area contributed by atoms with E-state index in [1.165, 1.54) is 0 Å². The van der Waals surface area contributed by atoms with Gasteiger partial charge in [-0.3, -0.25) is 9.59 Å². The molecular weight excluding hydrogens is 158 g/mol. The Hall–Kier alpha value is -1.57. The van der Waals surface area contributed by atoms with Crippen LogP contribution in [0.25, 0.3) is 4.85 Å². The largest absolute Gasteiger partial charge is 0.359 e. The number of amides is 2. The molecule has 0 atom stereocenters. The Kier molecular flexibility index (Phi) is 6.55. The van der Waals surface area contributed by atoms with Gasteiger partial charge in [-0.15, -0.1) is 0 Å². The molecule has 2 amide bonds. The van der Waals surface area contributed by atoms with Crippen LogP contribution >= 0.6 is 0 Å². The van der Waals surface area contributed by atoms with Crippen molar-refractivity contribution in [2.24, 2.45) is 0 Å². The molecule has 0 aliphatic carbocycles. The van der Waals surface area contributed by atoms with Crippen LogP contribution < -0.4 is 10.6 Å². The molecule has 66 valence electrons. The number of nitrogens with one attached hydrogen (secondary N) is 2. The van der Waals surface area contributed by atoms with Gasteiger partial charge in [0.2, 0.25) is 6.41 Å². The van der Waals surface area contributed by atoms with E-state index in [0.29, 0.717) is 25.9 Å². The summed E-state index contributed by atoms with van der Waals surface area (Å²) in [5.41, 5.74) is 0. The summed E-state index contributed by atoms with van der Waals surface area (Å²) < 4.78 is 0. The van der Waals surface area contributed by atoms with Crippen LogP contribution in [0.2, 0.25) is 0 Å². The Balaban J connectivity index is 3.15. The monoisotopic (exact) mass is 169 g/mol. The molecule has 0 unspecified atom stereocenters. The summed E-state index contributed by atoms with van der Waals surface area (Å²) in [6, 6.07) is 0. The summed E-state index contributed by atoms with van der Waals surface area (Å²) >= 11 is 0. The molecule has 2 N–H and O–H groups in total. The van der Waals surface area contributed by atoms with Gasteiger partial charge in [0.05, 0.1) is 0 Å². The summed E-state index contributed by atoms with van der Waals surface area (Å²) in [5, 5.41) is 5.00. The minimum atomic E-state index is -0.267. The first kappa shape index (κ1) is 10.4. The fourth-order valence-corrected chi connectivity index (χ4v) is 0.605. The Bertz CT molecular complexity index is 186. The molecule has 0 bridgehead atoms. The average molecular weight is 169 g/mol. The van der Waals surface area contributed by atoms with E-state index in [1.54, 1.807) is 0 Å². The fraction of sp³-hybridized carbons (Fsp3) is 0.571. The molecule has 0 aromatic rings. The highest BCUT2D eigenvalue weighted by atomic mass is 16.1. The van der Waals surface area contributed by atoms with E-state index in [4.69, 9.17) is 6.57 Å². The Labute approximate surface area is 71.0 Å². The summed E-state index contributed by atoms with van der Waals surface area (Å²) in [6.45, 7) is 7.30. The molecule has 12 heavy (non-hydrogen) atoms. The molecule has 5 nitrogen and oxygen atoms in total. The molecule has 0 aliphatic heterocycles. The first-order valence-electron chi connectivity index (χ1n) is 3.58. The lowest BCUT2D eigenvalue weighted by Gasteiger charge is -1.99. The number of hydrogen-bond donors (Lipinski definition) is 2. The van der Waals surface area contributed by atoms with E-state index in [2.05, 4.69) is 15.5 Å². The van der Waals surface area contributed by atoms with Gasteiger partial charge in [0, 0.05) is 13.1 Å². The first-order valence-corrected chi connectivity index (χ1v) is 3.58. The number of nitrogens with zero attached hydrogens (tertiary/aromatic N) is 1. The maximum Gasteiger partial charge on any atom is 0.300 e. The lowest BCUT2D eigenvalue weighted by Crippen LogP contribution is -2.28. The van der Waals surface area contributed by atoms with Crippen LogP contribution in [0.3, 0.4) is 0 Å². The number of hydrogen-bond acceptors (Lipinski definition) is 2. The molecule has 0 radical (unpaired) electrons. The van der Waals surface area contributed by atoms with Gasteiger partial charge < -0.3 is 15.5 Å². The van der Waals surface area contributed by atoms with Crippen molar-refractivity contribution in [3.63, 3.8) is 0 Å². The van der Waals surface area contributed by atoms with Crippen molar-refractivity contribution in [2.75, 3.05) is 19.6 Å². The van der Waals surface area contributed by atoms with Gasteiger partial charge in [0.1, 0.15) is 0 Å². The minimum Gasteiger partial charge on any atom is -0.359 e. The maximum absolute atomic E-state index is 10.7. The Morgan fingerprint density at radius 2 is 2.25 bits per heavy atom. The smallest absolute Gasteiger partial charge is 0.300 e. The van der Waals surface area contributed by atoms with Crippen molar-refractivity contribution >= 4 is 12.3 Å². The summed E-state index contributed by atoms with van der Waals surface area (Å²) in [5.74, 6) is -0.267. The second kappa shape index (κ2) is 7.54. The molecule has 0 spiro atoms. The zero-order valence-corrected chi connectivity index (χ0v) is 6.67. The minimum absolute atomic E-state index is 0.124. The van der Waals surface area contributed by atoms with Crippen LogP contribution in [-0.2, 0) is 9.59 Å². The Morgan fingerprint density at radius 1 is 1.50 bits per heavy atom. The van der Waals surface area contributed by atoms with Crippen LogP contribution in [0.5, 0.6) is 0 Å². The third-order valence-corrected chi connectivity index (χ3v) is 1.13. The molecule has 0 saturated carbocycles.